The molecule has 5 heteroatoms. The van der Waals surface area contributed by atoms with Gasteiger partial charge < -0.3 is 10.5 Å². The van der Waals surface area contributed by atoms with Crippen molar-refractivity contribution >= 4 is 23.0 Å². The third-order valence-corrected chi connectivity index (χ3v) is 3.95. The Kier molecular flexibility index (Phi) is 4.74. The van der Waals surface area contributed by atoms with Gasteiger partial charge in [0.2, 0.25) is 0 Å². The van der Waals surface area contributed by atoms with Gasteiger partial charge in [-0.2, -0.15) is 0 Å². The van der Waals surface area contributed by atoms with Gasteiger partial charge in [0.25, 0.3) is 0 Å². The molecule has 1 heterocycles. The fourth-order valence-electron chi connectivity index (χ4n) is 1.88. The summed E-state index contributed by atoms with van der Waals surface area (Å²) in [4.78, 5) is 17.0. The molecular weight excluding hydrogens is 272 g/mol. The van der Waals surface area contributed by atoms with Crippen LogP contribution in [0.3, 0.4) is 0 Å². The van der Waals surface area contributed by atoms with Crippen LogP contribution in [0.5, 0.6) is 0 Å². The van der Waals surface area contributed by atoms with E-state index in [-0.39, 0.29) is 5.97 Å². The number of anilines is 1. The first-order valence-electron chi connectivity index (χ1n) is 6.64. The summed E-state index contributed by atoms with van der Waals surface area (Å²) in [6, 6.07) is 7.70. The Bertz CT molecular complexity index is 590. The molecule has 0 atom stereocenters. The van der Waals surface area contributed by atoms with Crippen molar-refractivity contribution in [1.29, 1.82) is 0 Å². The number of aromatic nitrogens is 1. The van der Waals surface area contributed by atoms with Crippen LogP contribution in [-0.2, 0) is 17.6 Å². The number of nitrogen functional groups attached to an aromatic ring is 1. The van der Waals surface area contributed by atoms with Gasteiger partial charge in [0.1, 0.15) is 4.88 Å². The van der Waals surface area contributed by atoms with Crippen molar-refractivity contribution in [3.63, 3.8) is 0 Å². The summed E-state index contributed by atoms with van der Waals surface area (Å²) in [6.45, 7) is 4.18. The molecule has 2 N–H and O–H groups in total. The summed E-state index contributed by atoms with van der Waals surface area (Å²) in [5.41, 5.74) is 8.36. The molecule has 0 saturated carbocycles. The molecule has 0 fully saturated rings. The van der Waals surface area contributed by atoms with Gasteiger partial charge in [0.15, 0.2) is 0 Å². The number of rotatable bonds is 5. The zero-order chi connectivity index (χ0) is 14.5. The van der Waals surface area contributed by atoms with Crippen molar-refractivity contribution in [2.45, 2.75) is 26.7 Å². The summed E-state index contributed by atoms with van der Waals surface area (Å²) in [5, 5.41) is 0.926. The number of nitrogens with two attached hydrogens (primary N) is 1. The van der Waals surface area contributed by atoms with Crippen molar-refractivity contribution in [3.8, 4) is 0 Å². The minimum atomic E-state index is -0.273. The number of benzene rings is 1. The van der Waals surface area contributed by atoms with Crippen LogP contribution in [0.4, 0.5) is 5.69 Å². The molecule has 0 aliphatic heterocycles. The molecule has 0 spiro atoms. The van der Waals surface area contributed by atoms with Gasteiger partial charge in [-0.3, -0.25) is 0 Å². The average Bonchev–Trinajstić information content (AvgIpc) is 2.85. The third kappa shape index (κ3) is 3.36. The SMILES string of the molecule is CCOC(=O)c1sc(Cc2ccc(N)cc2)nc1CC. The van der Waals surface area contributed by atoms with Gasteiger partial charge in [-0.1, -0.05) is 19.1 Å². The molecule has 4 nitrogen and oxygen atoms in total. The van der Waals surface area contributed by atoms with Crippen LogP contribution in [0.2, 0.25) is 0 Å². The molecule has 0 unspecified atom stereocenters. The lowest BCUT2D eigenvalue weighted by Crippen LogP contribution is -2.05. The van der Waals surface area contributed by atoms with Gasteiger partial charge in [-0.05, 0) is 31.0 Å². The predicted octanol–water partition coefficient (Wildman–Crippen LogP) is 3.06. The zero-order valence-corrected chi connectivity index (χ0v) is 12.5. The maximum absolute atomic E-state index is 11.9. The fraction of sp³-hybridized carbons (Fsp3) is 0.333. The normalized spacial score (nSPS) is 10.5. The van der Waals surface area contributed by atoms with Gasteiger partial charge >= 0.3 is 5.97 Å². The second-order valence-corrected chi connectivity index (χ2v) is 5.46. The first-order chi connectivity index (χ1) is 9.63. The van der Waals surface area contributed by atoms with E-state index in [0.29, 0.717) is 17.9 Å². The molecule has 0 amide bonds. The molecule has 1 aromatic heterocycles. The second-order valence-electron chi connectivity index (χ2n) is 4.38. The molecule has 1 aromatic carbocycles. The fourth-order valence-corrected chi connectivity index (χ4v) is 2.96. The van der Waals surface area contributed by atoms with E-state index >= 15 is 0 Å². The van der Waals surface area contributed by atoms with Crippen LogP contribution < -0.4 is 5.73 Å². The first kappa shape index (κ1) is 14.5. The van der Waals surface area contributed by atoms with Gasteiger partial charge in [0, 0.05) is 12.1 Å². The third-order valence-electron chi connectivity index (χ3n) is 2.87. The molecule has 0 radical (unpaired) electrons. The number of ether oxygens (including phenoxy) is 1. The minimum absolute atomic E-state index is 0.273. The molecule has 106 valence electrons. The number of carbonyl (C=O) groups excluding carboxylic acids is 1. The molecule has 0 aliphatic carbocycles. The highest BCUT2D eigenvalue weighted by Crippen LogP contribution is 2.23. The minimum Gasteiger partial charge on any atom is -0.462 e. The van der Waals surface area contributed by atoms with Crippen LogP contribution in [0.15, 0.2) is 24.3 Å². The highest BCUT2D eigenvalue weighted by atomic mass is 32.1. The lowest BCUT2D eigenvalue weighted by molar-refractivity contribution is 0.0530. The largest absolute Gasteiger partial charge is 0.462 e. The predicted molar refractivity (Wildman–Crippen MR) is 81.1 cm³/mol. The number of carbonyl (C=O) groups is 1. The Balaban J connectivity index is 2.20. The summed E-state index contributed by atoms with van der Waals surface area (Å²) in [7, 11) is 0. The number of thiazole rings is 1. The Labute approximate surface area is 122 Å². The number of hydrogen-bond acceptors (Lipinski definition) is 5. The number of aryl methyl sites for hydroxylation is 1. The summed E-state index contributed by atoms with van der Waals surface area (Å²) >= 11 is 1.41. The van der Waals surface area contributed by atoms with Crippen molar-refractivity contribution in [3.05, 3.63) is 45.4 Å². The number of esters is 1. The van der Waals surface area contributed by atoms with Crippen LogP contribution >= 0.6 is 11.3 Å². The molecule has 2 rings (SSSR count). The maximum atomic E-state index is 11.9. The summed E-state index contributed by atoms with van der Waals surface area (Å²) < 4.78 is 5.06. The molecule has 20 heavy (non-hydrogen) atoms. The van der Waals surface area contributed by atoms with Crippen molar-refractivity contribution < 1.29 is 9.53 Å². The Morgan fingerprint density at radius 2 is 2.00 bits per heavy atom. The standard InChI is InChI=1S/C15H18N2O2S/c1-3-12-14(15(18)19-4-2)20-13(17-12)9-10-5-7-11(16)8-6-10/h5-8H,3-4,9,16H2,1-2H3. The van der Waals surface area contributed by atoms with E-state index in [1.807, 2.05) is 31.2 Å². The van der Waals surface area contributed by atoms with Crippen molar-refractivity contribution in [2.75, 3.05) is 12.3 Å². The van der Waals surface area contributed by atoms with Crippen LogP contribution in [0.1, 0.15) is 39.8 Å². The van der Waals surface area contributed by atoms with E-state index in [2.05, 4.69) is 4.98 Å². The van der Waals surface area contributed by atoms with E-state index in [1.54, 1.807) is 6.92 Å². The van der Waals surface area contributed by atoms with Crippen molar-refractivity contribution in [1.82, 2.24) is 4.98 Å². The molecule has 0 aliphatic rings. The Morgan fingerprint density at radius 3 is 2.60 bits per heavy atom. The van der Waals surface area contributed by atoms with E-state index in [1.165, 1.54) is 11.3 Å². The zero-order valence-electron chi connectivity index (χ0n) is 11.7. The highest BCUT2D eigenvalue weighted by molar-refractivity contribution is 7.13. The second kappa shape index (κ2) is 6.52. The monoisotopic (exact) mass is 290 g/mol. The first-order valence-corrected chi connectivity index (χ1v) is 7.45. The molecule has 0 saturated heterocycles. The Hall–Kier alpha value is -1.88. The average molecular weight is 290 g/mol. The van der Waals surface area contributed by atoms with Gasteiger partial charge in [0.05, 0.1) is 17.3 Å². The van der Waals surface area contributed by atoms with E-state index in [9.17, 15) is 4.79 Å². The van der Waals surface area contributed by atoms with Crippen LogP contribution in [0.25, 0.3) is 0 Å². The van der Waals surface area contributed by atoms with Crippen LogP contribution in [0, 0.1) is 0 Å². The van der Waals surface area contributed by atoms with Crippen LogP contribution in [-0.4, -0.2) is 17.6 Å². The lowest BCUT2D eigenvalue weighted by Gasteiger charge is -1.99. The van der Waals surface area contributed by atoms with Gasteiger partial charge in [-0.15, -0.1) is 11.3 Å². The number of nitrogens with zero attached hydrogens (tertiary/aromatic N) is 1. The molecular formula is C15H18N2O2S. The topological polar surface area (TPSA) is 65.2 Å². The summed E-state index contributed by atoms with van der Waals surface area (Å²) in [5.74, 6) is -0.273. The van der Waals surface area contributed by atoms with Crippen molar-refractivity contribution in [2.24, 2.45) is 0 Å². The van der Waals surface area contributed by atoms with E-state index < -0.39 is 0 Å². The Morgan fingerprint density at radius 1 is 1.30 bits per heavy atom. The van der Waals surface area contributed by atoms with Gasteiger partial charge in [-0.25, -0.2) is 9.78 Å². The number of hydrogen-bond donors (Lipinski definition) is 1. The molecule has 2 aromatic rings. The smallest absolute Gasteiger partial charge is 0.350 e. The quantitative estimate of drug-likeness (QED) is 0.679. The van der Waals surface area contributed by atoms with E-state index in [0.717, 1.165) is 28.4 Å². The van der Waals surface area contributed by atoms with E-state index in [4.69, 9.17) is 10.5 Å². The molecule has 0 bridgehead atoms. The maximum Gasteiger partial charge on any atom is 0.350 e. The summed E-state index contributed by atoms with van der Waals surface area (Å²) in [6.07, 6.45) is 1.43. The highest BCUT2D eigenvalue weighted by Gasteiger charge is 2.18. The lowest BCUT2D eigenvalue weighted by atomic mass is 10.1.